The van der Waals surface area contributed by atoms with Gasteiger partial charge in [-0.15, -0.1) is 0 Å². The van der Waals surface area contributed by atoms with Gasteiger partial charge in [0, 0.05) is 18.0 Å². The predicted octanol–water partition coefficient (Wildman–Crippen LogP) is 3.27. The van der Waals surface area contributed by atoms with Crippen molar-refractivity contribution in [1.29, 1.82) is 0 Å². The van der Waals surface area contributed by atoms with Crippen LogP contribution in [-0.4, -0.2) is 6.10 Å². The fourth-order valence-electron chi connectivity index (χ4n) is 2.47. The van der Waals surface area contributed by atoms with Gasteiger partial charge >= 0.3 is 0 Å². The normalized spacial score (nSPS) is 25.7. The SMILES string of the molecule is CCCC(C)C1C[C@H](N)c2ccccc2O1. The van der Waals surface area contributed by atoms with Crippen LogP contribution in [0.3, 0.4) is 0 Å². The minimum absolute atomic E-state index is 0.134. The van der Waals surface area contributed by atoms with Crippen LogP contribution in [0.1, 0.15) is 44.7 Å². The highest BCUT2D eigenvalue weighted by Gasteiger charge is 2.28. The molecule has 0 aliphatic carbocycles. The van der Waals surface area contributed by atoms with Gasteiger partial charge in [-0.25, -0.2) is 0 Å². The standard InChI is InChI=1S/C14H21NO/c1-3-6-10(2)14-9-12(15)11-7-4-5-8-13(11)16-14/h4-5,7-8,10,12,14H,3,6,9,15H2,1-2H3/t10?,12-,14?/m0/s1. The number of hydrogen-bond donors (Lipinski definition) is 1. The summed E-state index contributed by atoms with van der Waals surface area (Å²) in [4.78, 5) is 0. The van der Waals surface area contributed by atoms with Crippen molar-refractivity contribution in [2.24, 2.45) is 11.7 Å². The van der Waals surface area contributed by atoms with Crippen LogP contribution in [0.5, 0.6) is 5.75 Å². The van der Waals surface area contributed by atoms with Gasteiger partial charge in [0.05, 0.1) is 0 Å². The lowest BCUT2D eigenvalue weighted by atomic mass is 9.89. The second-order valence-electron chi connectivity index (χ2n) is 4.80. The van der Waals surface area contributed by atoms with Crippen molar-refractivity contribution in [3.05, 3.63) is 29.8 Å². The lowest BCUT2D eigenvalue weighted by molar-refractivity contribution is 0.102. The number of benzene rings is 1. The van der Waals surface area contributed by atoms with E-state index in [1.54, 1.807) is 0 Å². The summed E-state index contributed by atoms with van der Waals surface area (Å²) in [6, 6.07) is 8.27. The maximum absolute atomic E-state index is 6.19. The van der Waals surface area contributed by atoms with E-state index in [2.05, 4.69) is 19.9 Å². The maximum Gasteiger partial charge on any atom is 0.124 e. The van der Waals surface area contributed by atoms with Crippen LogP contribution in [0, 0.1) is 5.92 Å². The molecule has 1 aliphatic rings. The minimum Gasteiger partial charge on any atom is -0.490 e. The highest BCUT2D eigenvalue weighted by Crippen LogP contribution is 2.36. The molecule has 3 atom stereocenters. The number of rotatable bonds is 3. The van der Waals surface area contributed by atoms with Crippen LogP contribution in [0.4, 0.5) is 0 Å². The molecule has 2 nitrogen and oxygen atoms in total. The molecule has 2 heteroatoms. The summed E-state index contributed by atoms with van der Waals surface area (Å²) in [7, 11) is 0. The van der Waals surface area contributed by atoms with Crippen LogP contribution < -0.4 is 10.5 Å². The van der Waals surface area contributed by atoms with E-state index < -0.39 is 0 Å². The van der Waals surface area contributed by atoms with E-state index >= 15 is 0 Å². The topological polar surface area (TPSA) is 35.2 Å². The summed E-state index contributed by atoms with van der Waals surface area (Å²) in [5.41, 5.74) is 7.35. The second kappa shape index (κ2) is 4.88. The number of fused-ring (bicyclic) bond motifs is 1. The van der Waals surface area contributed by atoms with Crippen LogP contribution >= 0.6 is 0 Å². The molecule has 0 amide bonds. The van der Waals surface area contributed by atoms with Gasteiger partial charge < -0.3 is 10.5 Å². The zero-order valence-electron chi connectivity index (χ0n) is 10.1. The van der Waals surface area contributed by atoms with Gasteiger partial charge in [0.15, 0.2) is 0 Å². The molecule has 0 saturated carbocycles. The average molecular weight is 219 g/mol. The van der Waals surface area contributed by atoms with Gasteiger partial charge in [-0.3, -0.25) is 0 Å². The van der Waals surface area contributed by atoms with Crippen LogP contribution in [0.15, 0.2) is 24.3 Å². The van der Waals surface area contributed by atoms with Crippen LogP contribution in [-0.2, 0) is 0 Å². The average Bonchev–Trinajstić information content (AvgIpc) is 2.29. The van der Waals surface area contributed by atoms with E-state index in [-0.39, 0.29) is 12.1 Å². The first kappa shape index (κ1) is 11.5. The van der Waals surface area contributed by atoms with Gasteiger partial charge in [0.25, 0.3) is 0 Å². The largest absolute Gasteiger partial charge is 0.490 e. The number of hydrogen-bond acceptors (Lipinski definition) is 2. The van der Waals surface area contributed by atoms with Crippen molar-refractivity contribution >= 4 is 0 Å². The molecule has 1 aromatic rings. The van der Waals surface area contributed by atoms with Crippen molar-refractivity contribution in [3.8, 4) is 5.75 Å². The van der Waals surface area contributed by atoms with Crippen LogP contribution in [0.25, 0.3) is 0 Å². The molecule has 0 bridgehead atoms. The Labute approximate surface area is 97.8 Å². The zero-order valence-corrected chi connectivity index (χ0v) is 10.1. The van der Waals surface area contributed by atoms with Crippen molar-refractivity contribution in [2.45, 2.75) is 45.3 Å². The van der Waals surface area contributed by atoms with Gasteiger partial charge in [-0.2, -0.15) is 0 Å². The molecule has 2 unspecified atom stereocenters. The number of para-hydroxylation sites is 1. The van der Waals surface area contributed by atoms with Gasteiger partial charge in [0.1, 0.15) is 11.9 Å². The summed E-state index contributed by atoms with van der Waals surface area (Å²) < 4.78 is 6.04. The molecule has 88 valence electrons. The first-order valence-corrected chi connectivity index (χ1v) is 6.23. The summed E-state index contributed by atoms with van der Waals surface area (Å²) in [6.07, 6.45) is 3.64. The van der Waals surface area contributed by atoms with Gasteiger partial charge in [-0.05, 0) is 18.4 Å². The fraction of sp³-hybridized carbons (Fsp3) is 0.571. The first-order valence-electron chi connectivity index (χ1n) is 6.23. The predicted molar refractivity (Wildman–Crippen MR) is 66.5 cm³/mol. The van der Waals surface area contributed by atoms with Crippen molar-refractivity contribution < 1.29 is 4.74 Å². The van der Waals surface area contributed by atoms with Crippen molar-refractivity contribution in [3.63, 3.8) is 0 Å². The highest BCUT2D eigenvalue weighted by molar-refractivity contribution is 5.37. The Morgan fingerprint density at radius 1 is 1.44 bits per heavy atom. The first-order chi connectivity index (χ1) is 7.72. The zero-order chi connectivity index (χ0) is 11.5. The van der Waals surface area contributed by atoms with Crippen molar-refractivity contribution in [2.75, 3.05) is 0 Å². The number of ether oxygens (including phenoxy) is 1. The van der Waals surface area contributed by atoms with E-state index in [1.165, 1.54) is 12.8 Å². The molecule has 0 saturated heterocycles. The van der Waals surface area contributed by atoms with E-state index in [9.17, 15) is 0 Å². The smallest absolute Gasteiger partial charge is 0.124 e. The summed E-state index contributed by atoms with van der Waals surface area (Å²) >= 11 is 0. The Hall–Kier alpha value is -1.02. The van der Waals surface area contributed by atoms with Crippen molar-refractivity contribution in [1.82, 2.24) is 0 Å². The molecule has 0 fully saturated rings. The second-order valence-corrected chi connectivity index (χ2v) is 4.80. The third-order valence-electron chi connectivity index (χ3n) is 3.46. The maximum atomic E-state index is 6.19. The third kappa shape index (κ3) is 2.22. The van der Waals surface area contributed by atoms with E-state index in [1.807, 2.05) is 18.2 Å². The molecular formula is C14H21NO. The number of nitrogens with two attached hydrogens (primary N) is 1. The van der Waals surface area contributed by atoms with E-state index in [4.69, 9.17) is 10.5 Å². The Morgan fingerprint density at radius 2 is 2.19 bits per heavy atom. The molecule has 0 radical (unpaired) electrons. The lowest BCUT2D eigenvalue weighted by Gasteiger charge is -2.33. The molecule has 2 rings (SSSR count). The van der Waals surface area contributed by atoms with E-state index in [0.717, 1.165) is 17.7 Å². The molecule has 0 aromatic heterocycles. The summed E-state index contributed by atoms with van der Waals surface area (Å²) in [6.45, 7) is 4.47. The molecule has 2 N–H and O–H groups in total. The van der Waals surface area contributed by atoms with Gasteiger partial charge in [0.2, 0.25) is 0 Å². The highest BCUT2D eigenvalue weighted by atomic mass is 16.5. The fourth-order valence-corrected chi connectivity index (χ4v) is 2.47. The monoisotopic (exact) mass is 219 g/mol. The molecular weight excluding hydrogens is 198 g/mol. The lowest BCUT2D eigenvalue weighted by Crippen LogP contribution is -2.34. The quantitative estimate of drug-likeness (QED) is 0.846. The van der Waals surface area contributed by atoms with Crippen LogP contribution in [0.2, 0.25) is 0 Å². The summed E-state index contributed by atoms with van der Waals surface area (Å²) in [5, 5.41) is 0. The minimum atomic E-state index is 0.134. The Morgan fingerprint density at radius 3 is 2.94 bits per heavy atom. The Balaban J connectivity index is 2.14. The molecule has 1 aromatic carbocycles. The molecule has 1 aliphatic heterocycles. The van der Waals surface area contributed by atoms with Gasteiger partial charge in [-0.1, -0.05) is 38.5 Å². The molecule has 0 spiro atoms. The Kier molecular flexibility index (Phi) is 3.49. The molecule has 16 heavy (non-hydrogen) atoms. The Bertz CT molecular complexity index is 350. The summed E-state index contributed by atoms with van der Waals surface area (Å²) in [5.74, 6) is 1.57. The molecule has 1 heterocycles. The third-order valence-corrected chi connectivity index (χ3v) is 3.46. The van der Waals surface area contributed by atoms with E-state index in [0.29, 0.717) is 5.92 Å².